The lowest BCUT2D eigenvalue weighted by Gasteiger charge is -2.43. The smallest absolute Gasteiger partial charge is 0.151 e. The Balaban J connectivity index is 2.23. The van der Waals surface area contributed by atoms with Gasteiger partial charge in [0.25, 0.3) is 0 Å². The van der Waals surface area contributed by atoms with Crippen LogP contribution in [0.25, 0.3) is 0 Å². The highest BCUT2D eigenvalue weighted by molar-refractivity contribution is 9.10. The highest BCUT2D eigenvalue weighted by Gasteiger charge is 2.27. The zero-order chi connectivity index (χ0) is 12.6. The van der Waals surface area contributed by atoms with Gasteiger partial charge in [0.15, 0.2) is 5.82 Å². The van der Waals surface area contributed by atoms with E-state index in [0.717, 1.165) is 29.1 Å². The first-order chi connectivity index (χ1) is 7.99. The molecular weight excluding hydrogens is 280 g/mol. The number of likely N-dealkylation sites (N-methyl/N-ethyl adjacent to an activating group) is 1. The Morgan fingerprint density at radius 2 is 1.94 bits per heavy atom. The van der Waals surface area contributed by atoms with Gasteiger partial charge in [0.2, 0.25) is 0 Å². The zero-order valence-corrected chi connectivity index (χ0v) is 12.1. The van der Waals surface area contributed by atoms with Crippen LogP contribution in [0, 0.1) is 0 Å². The Labute approximate surface area is 111 Å². The molecular formula is C12H19BrN4. The van der Waals surface area contributed by atoms with E-state index in [2.05, 4.69) is 51.6 Å². The van der Waals surface area contributed by atoms with Crippen molar-refractivity contribution in [3.05, 3.63) is 16.7 Å². The van der Waals surface area contributed by atoms with Gasteiger partial charge in [-0.25, -0.2) is 4.98 Å². The van der Waals surface area contributed by atoms with Crippen molar-refractivity contribution in [3.8, 4) is 0 Å². The van der Waals surface area contributed by atoms with Crippen LogP contribution in [0.3, 0.4) is 0 Å². The minimum Gasteiger partial charge on any atom is -0.396 e. The minimum atomic E-state index is 0.517. The average molecular weight is 299 g/mol. The van der Waals surface area contributed by atoms with E-state index in [-0.39, 0.29) is 0 Å². The summed E-state index contributed by atoms with van der Waals surface area (Å²) in [6, 6.07) is 2.95. The van der Waals surface area contributed by atoms with Crippen molar-refractivity contribution in [2.24, 2.45) is 0 Å². The van der Waals surface area contributed by atoms with Crippen molar-refractivity contribution < 1.29 is 0 Å². The number of nitrogen functional groups attached to an aromatic ring is 1. The molecule has 17 heavy (non-hydrogen) atoms. The van der Waals surface area contributed by atoms with Gasteiger partial charge in [0.1, 0.15) is 0 Å². The number of nitrogens with two attached hydrogens (primary N) is 1. The molecule has 0 radical (unpaired) electrons. The molecule has 0 aromatic carbocycles. The van der Waals surface area contributed by atoms with Gasteiger partial charge in [-0.15, -0.1) is 0 Å². The molecule has 0 saturated carbocycles. The number of hydrogen-bond acceptors (Lipinski definition) is 4. The zero-order valence-electron chi connectivity index (χ0n) is 10.5. The molecule has 2 unspecified atom stereocenters. The Kier molecular flexibility index (Phi) is 3.58. The van der Waals surface area contributed by atoms with Crippen molar-refractivity contribution in [2.45, 2.75) is 25.9 Å². The summed E-state index contributed by atoms with van der Waals surface area (Å²) >= 11 is 3.38. The number of halogens is 1. The van der Waals surface area contributed by atoms with Crippen LogP contribution in [0.4, 0.5) is 11.5 Å². The molecule has 0 bridgehead atoms. The Hall–Kier alpha value is -0.810. The standard InChI is InChI=1S/C12H19BrN4/c1-8-6-17(7-9(2)16(8)3)12-11(14)4-10(13)5-15-12/h4-5,8-9H,6-7,14H2,1-3H3. The molecule has 1 aromatic heterocycles. The van der Waals surface area contributed by atoms with Gasteiger partial charge < -0.3 is 10.6 Å². The van der Waals surface area contributed by atoms with Crippen LogP contribution in [-0.2, 0) is 0 Å². The van der Waals surface area contributed by atoms with Crippen LogP contribution >= 0.6 is 15.9 Å². The fraction of sp³-hybridized carbons (Fsp3) is 0.583. The Morgan fingerprint density at radius 1 is 1.35 bits per heavy atom. The molecule has 2 heterocycles. The van der Waals surface area contributed by atoms with Crippen LogP contribution in [0.5, 0.6) is 0 Å². The molecule has 1 aliphatic rings. The summed E-state index contributed by atoms with van der Waals surface area (Å²) in [6.45, 7) is 6.41. The van der Waals surface area contributed by atoms with E-state index in [0.29, 0.717) is 12.1 Å². The van der Waals surface area contributed by atoms with E-state index in [1.165, 1.54) is 0 Å². The lowest BCUT2D eigenvalue weighted by Crippen LogP contribution is -2.55. The number of hydrogen-bond donors (Lipinski definition) is 1. The van der Waals surface area contributed by atoms with E-state index < -0.39 is 0 Å². The largest absolute Gasteiger partial charge is 0.396 e. The number of anilines is 2. The summed E-state index contributed by atoms with van der Waals surface area (Å²) in [4.78, 5) is 9.10. The second-order valence-electron chi connectivity index (χ2n) is 4.83. The number of pyridine rings is 1. The Morgan fingerprint density at radius 3 is 2.47 bits per heavy atom. The van der Waals surface area contributed by atoms with Gasteiger partial charge in [-0.05, 0) is 42.9 Å². The molecule has 1 aromatic rings. The van der Waals surface area contributed by atoms with Crippen molar-refractivity contribution in [3.63, 3.8) is 0 Å². The summed E-state index contributed by atoms with van der Waals surface area (Å²) < 4.78 is 0.925. The lowest BCUT2D eigenvalue weighted by molar-refractivity contribution is 0.169. The van der Waals surface area contributed by atoms with E-state index in [4.69, 9.17) is 5.73 Å². The molecule has 1 aliphatic heterocycles. The van der Waals surface area contributed by atoms with Gasteiger partial charge in [0.05, 0.1) is 5.69 Å². The number of aromatic nitrogens is 1. The second kappa shape index (κ2) is 4.82. The van der Waals surface area contributed by atoms with Gasteiger partial charge in [-0.1, -0.05) is 0 Å². The summed E-state index contributed by atoms with van der Waals surface area (Å²) in [5.41, 5.74) is 6.77. The molecule has 0 aliphatic carbocycles. The van der Waals surface area contributed by atoms with Crippen molar-refractivity contribution in [1.82, 2.24) is 9.88 Å². The summed E-state index contributed by atoms with van der Waals surface area (Å²) in [6.07, 6.45) is 1.80. The van der Waals surface area contributed by atoms with Crippen LogP contribution < -0.4 is 10.6 Å². The third kappa shape index (κ3) is 2.55. The third-order valence-electron chi connectivity index (χ3n) is 3.52. The lowest BCUT2D eigenvalue weighted by atomic mass is 10.1. The van der Waals surface area contributed by atoms with Crippen LogP contribution in [0.2, 0.25) is 0 Å². The number of nitrogens with zero attached hydrogens (tertiary/aromatic N) is 3. The fourth-order valence-corrected chi connectivity index (χ4v) is 2.64. The van der Waals surface area contributed by atoms with Crippen molar-refractivity contribution >= 4 is 27.4 Å². The monoisotopic (exact) mass is 298 g/mol. The topological polar surface area (TPSA) is 45.4 Å². The first-order valence-corrected chi connectivity index (χ1v) is 6.66. The molecule has 5 heteroatoms. The molecule has 2 atom stereocenters. The average Bonchev–Trinajstić information content (AvgIpc) is 2.25. The van der Waals surface area contributed by atoms with Crippen LogP contribution in [0.15, 0.2) is 16.7 Å². The predicted molar refractivity (Wildman–Crippen MR) is 75.2 cm³/mol. The number of piperazine rings is 1. The van der Waals surface area contributed by atoms with E-state index >= 15 is 0 Å². The van der Waals surface area contributed by atoms with Gasteiger partial charge >= 0.3 is 0 Å². The molecule has 94 valence electrons. The highest BCUT2D eigenvalue weighted by Crippen LogP contribution is 2.26. The molecule has 0 spiro atoms. The first kappa shape index (κ1) is 12.6. The van der Waals surface area contributed by atoms with Crippen LogP contribution in [0.1, 0.15) is 13.8 Å². The minimum absolute atomic E-state index is 0.517. The molecule has 1 saturated heterocycles. The Bertz CT molecular complexity index is 397. The summed E-state index contributed by atoms with van der Waals surface area (Å²) in [7, 11) is 2.17. The first-order valence-electron chi connectivity index (χ1n) is 5.87. The normalized spacial score (nSPS) is 26.2. The fourth-order valence-electron chi connectivity index (χ4n) is 2.29. The molecule has 1 fully saturated rings. The third-order valence-corrected chi connectivity index (χ3v) is 3.95. The van der Waals surface area contributed by atoms with Gasteiger partial charge in [-0.3, -0.25) is 4.90 Å². The van der Waals surface area contributed by atoms with E-state index in [9.17, 15) is 0 Å². The molecule has 2 rings (SSSR count). The maximum Gasteiger partial charge on any atom is 0.151 e. The maximum absolute atomic E-state index is 6.03. The molecule has 0 amide bonds. The van der Waals surface area contributed by atoms with E-state index in [1.807, 2.05) is 6.07 Å². The maximum atomic E-state index is 6.03. The summed E-state index contributed by atoms with van der Waals surface area (Å²) in [5, 5.41) is 0. The SMILES string of the molecule is CC1CN(c2ncc(Br)cc2N)CC(C)N1C. The summed E-state index contributed by atoms with van der Waals surface area (Å²) in [5.74, 6) is 0.903. The number of rotatable bonds is 1. The van der Waals surface area contributed by atoms with E-state index in [1.54, 1.807) is 6.20 Å². The van der Waals surface area contributed by atoms with Gasteiger partial charge in [0, 0.05) is 35.8 Å². The predicted octanol–water partition coefficient (Wildman–Crippen LogP) is 1.96. The van der Waals surface area contributed by atoms with Crippen molar-refractivity contribution in [2.75, 3.05) is 30.8 Å². The second-order valence-corrected chi connectivity index (χ2v) is 5.75. The van der Waals surface area contributed by atoms with Gasteiger partial charge in [-0.2, -0.15) is 0 Å². The molecule has 2 N–H and O–H groups in total. The highest BCUT2D eigenvalue weighted by atomic mass is 79.9. The quantitative estimate of drug-likeness (QED) is 0.861. The molecule has 4 nitrogen and oxygen atoms in total. The van der Waals surface area contributed by atoms with Crippen molar-refractivity contribution in [1.29, 1.82) is 0 Å². The van der Waals surface area contributed by atoms with Crippen LogP contribution in [-0.4, -0.2) is 42.1 Å².